The van der Waals surface area contributed by atoms with Gasteiger partial charge in [0.1, 0.15) is 0 Å². The molecular formula is C10H24BOS. The molecule has 3 heteroatoms. The molecule has 0 unspecified atom stereocenters. The summed E-state index contributed by atoms with van der Waals surface area (Å²) < 4.78 is 0. The molecule has 0 fully saturated rings. The monoisotopic (exact) mass is 203 g/mol. The van der Waals surface area contributed by atoms with Crippen LogP contribution in [0.15, 0.2) is 0 Å². The highest BCUT2D eigenvalue weighted by molar-refractivity contribution is 7.97. The molecule has 0 rings (SSSR count). The van der Waals surface area contributed by atoms with E-state index < -0.39 is 0 Å². The topological polar surface area (TPSA) is 20.2 Å². The number of thioether (sulfide) groups is 1. The maximum absolute atomic E-state index is 8.79. The summed E-state index contributed by atoms with van der Waals surface area (Å²) in [6, 6.07) is 0. The molecule has 0 bridgehead atoms. The van der Waals surface area contributed by atoms with E-state index in [1.54, 1.807) is 11.8 Å². The molecule has 0 aliphatic heterocycles. The first-order valence-corrected chi connectivity index (χ1v) is 6.40. The van der Waals surface area contributed by atoms with Crippen LogP contribution in [0.4, 0.5) is 0 Å². The van der Waals surface area contributed by atoms with E-state index in [-0.39, 0.29) is 8.41 Å². The summed E-state index contributed by atoms with van der Waals surface area (Å²) in [7, 11) is 0. The first kappa shape index (κ1) is 19.0. The molecule has 0 aliphatic carbocycles. The largest absolute Gasteiger partial charge is 0.396 e. The van der Waals surface area contributed by atoms with Crippen molar-refractivity contribution < 1.29 is 5.11 Å². The van der Waals surface area contributed by atoms with Gasteiger partial charge in [-0.1, -0.05) is 26.7 Å². The van der Waals surface area contributed by atoms with Gasteiger partial charge in [-0.3, -0.25) is 0 Å². The highest BCUT2D eigenvalue weighted by Crippen LogP contribution is 2.11. The minimum atomic E-state index is 0. The van der Waals surface area contributed by atoms with Crippen molar-refractivity contribution in [2.75, 3.05) is 19.1 Å². The minimum absolute atomic E-state index is 0. The van der Waals surface area contributed by atoms with Crippen molar-refractivity contribution in [3.63, 3.8) is 0 Å². The normalized spacial score (nSPS) is 8.77. The molecule has 1 N–H and O–H groups in total. The third kappa shape index (κ3) is 19.0. The second-order valence-electron chi connectivity index (χ2n) is 3.03. The number of hydrogen-bond donors (Lipinski definition) is 1. The molecule has 13 heavy (non-hydrogen) atoms. The SMILES string of the molecule is CCCC(CO)CCC.CSC.[B]. The summed E-state index contributed by atoms with van der Waals surface area (Å²) in [5.41, 5.74) is 0. The summed E-state index contributed by atoms with van der Waals surface area (Å²) in [6.07, 6.45) is 8.85. The average Bonchev–Trinajstić information content (AvgIpc) is 2.05. The number of aliphatic hydroxyl groups is 1. The van der Waals surface area contributed by atoms with Gasteiger partial charge in [-0.05, 0) is 31.3 Å². The first-order chi connectivity index (χ1) is 5.76. The Morgan fingerprint density at radius 2 is 1.38 bits per heavy atom. The van der Waals surface area contributed by atoms with Crippen molar-refractivity contribution in [3.8, 4) is 0 Å². The number of hydrogen-bond acceptors (Lipinski definition) is 2. The second kappa shape index (κ2) is 18.2. The fourth-order valence-corrected chi connectivity index (χ4v) is 1.14. The van der Waals surface area contributed by atoms with Crippen molar-refractivity contribution in [1.29, 1.82) is 0 Å². The van der Waals surface area contributed by atoms with E-state index in [1.807, 2.05) is 12.5 Å². The van der Waals surface area contributed by atoms with E-state index in [4.69, 9.17) is 5.11 Å². The van der Waals surface area contributed by atoms with Crippen molar-refractivity contribution in [3.05, 3.63) is 0 Å². The molecule has 0 heterocycles. The van der Waals surface area contributed by atoms with Crippen LogP contribution in [0.5, 0.6) is 0 Å². The van der Waals surface area contributed by atoms with Crippen molar-refractivity contribution >= 4 is 20.2 Å². The van der Waals surface area contributed by atoms with Gasteiger partial charge in [-0.25, -0.2) is 0 Å². The predicted octanol–water partition coefficient (Wildman–Crippen LogP) is 2.79. The van der Waals surface area contributed by atoms with Gasteiger partial charge in [-0.2, -0.15) is 11.8 Å². The molecular weight excluding hydrogens is 179 g/mol. The fourth-order valence-electron chi connectivity index (χ4n) is 1.14. The van der Waals surface area contributed by atoms with Crippen LogP contribution in [-0.4, -0.2) is 32.6 Å². The van der Waals surface area contributed by atoms with E-state index in [1.165, 1.54) is 25.7 Å². The molecule has 0 aliphatic rings. The van der Waals surface area contributed by atoms with E-state index in [0.29, 0.717) is 12.5 Å². The lowest BCUT2D eigenvalue weighted by atomic mass is 10.00. The molecule has 0 aromatic rings. The van der Waals surface area contributed by atoms with Crippen molar-refractivity contribution in [2.24, 2.45) is 5.92 Å². The molecule has 0 saturated carbocycles. The van der Waals surface area contributed by atoms with Gasteiger partial charge in [0.25, 0.3) is 0 Å². The molecule has 3 radical (unpaired) electrons. The van der Waals surface area contributed by atoms with E-state index in [0.717, 1.165) is 0 Å². The van der Waals surface area contributed by atoms with Gasteiger partial charge in [0.2, 0.25) is 0 Å². The maximum atomic E-state index is 8.79. The number of aliphatic hydroxyl groups excluding tert-OH is 1. The van der Waals surface area contributed by atoms with Gasteiger partial charge in [0.15, 0.2) is 0 Å². The van der Waals surface area contributed by atoms with Gasteiger partial charge in [0.05, 0.1) is 0 Å². The van der Waals surface area contributed by atoms with Crippen LogP contribution in [-0.2, 0) is 0 Å². The molecule has 79 valence electrons. The molecule has 1 nitrogen and oxygen atoms in total. The van der Waals surface area contributed by atoms with Gasteiger partial charge in [0, 0.05) is 15.0 Å². The van der Waals surface area contributed by atoms with Crippen LogP contribution in [0.1, 0.15) is 39.5 Å². The predicted molar refractivity (Wildman–Crippen MR) is 65.6 cm³/mol. The van der Waals surface area contributed by atoms with E-state index >= 15 is 0 Å². The lowest BCUT2D eigenvalue weighted by Gasteiger charge is -2.09. The maximum Gasteiger partial charge on any atom is 0.0459 e. The Kier molecular flexibility index (Phi) is 26.7. The minimum Gasteiger partial charge on any atom is -0.396 e. The zero-order valence-electron chi connectivity index (χ0n) is 9.55. The van der Waals surface area contributed by atoms with Crippen LogP contribution in [0.25, 0.3) is 0 Å². The number of rotatable bonds is 5. The van der Waals surface area contributed by atoms with Crippen LogP contribution < -0.4 is 0 Å². The Morgan fingerprint density at radius 3 is 1.54 bits per heavy atom. The zero-order valence-corrected chi connectivity index (χ0v) is 10.4. The summed E-state index contributed by atoms with van der Waals surface area (Å²) in [5.74, 6) is 0.569. The lowest BCUT2D eigenvalue weighted by molar-refractivity contribution is 0.209. The molecule has 0 aromatic heterocycles. The standard InChI is InChI=1S/C8H18O.C2H6S.B/c1-3-5-8(7-9)6-4-2;1-3-2;/h8-9H,3-7H2,1-2H3;1-2H3;. The molecule has 0 saturated heterocycles. The summed E-state index contributed by atoms with van der Waals surface area (Å²) in [4.78, 5) is 0. The molecule has 0 aromatic carbocycles. The van der Waals surface area contributed by atoms with Crippen LogP contribution in [0.3, 0.4) is 0 Å². The van der Waals surface area contributed by atoms with E-state index in [9.17, 15) is 0 Å². The highest BCUT2D eigenvalue weighted by Gasteiger charge is 2.02. The Balaban J connectivity index is -0.000000220. The van der Waals surface area contributed by atoms with Crippen LogP contribution in [0, 0.1) is 5.92 Å². The van der Waals surface area contributed by atoms with Gasteiger partial charge in [-0.15, -0.1) is 0 Å². The van der Waals surface area contributed by atoms with Gasteiger partial charge >= 0.3 is 0 Å². The van der Waals surface area contributed by atoms with Crippen molar-refractivity contribution in [1.82, 2.24) is 0 Å². The zero-order chi connectivity index (χ0) is 9.82. The van der Waals surface area contributed by atoms with Crippen molar-refractivity contribution in [2.45, 2.75) is 39.5 Å². The Labute approximate surface area is 90.3 Å². The van der Waals surface area contributed by atoms with Crippen LogP contribution in [0.2, 0.25) is 0 Å². The molecule has 0 amide bonds. The molecule has 0 spiro atoms. The van der Waals surface area contributed by atoms with Crippen LogP contribution >= 0.6 is 11.8 Å². The highest BCUT2D eigenvalue weighted by atomic mass is 32.2. The Bertz CT molecular complexity index is 65.9. The quantitative estimate of drug-likeness (QED) is 0.693. The summed E-state index contributed by atoms with van der Waals surface area (Å²) in [5, 5.41) is 8.79. The lowest BCUT2D eigenvalue weighted by Crippen LogP contribution is -2.04. The second-order valence-corrected chi connectivity index (χ2v) is 3.85. The summed E-state index contributed by atoms with van der Waals surface area (Å²) in [6.45, 7) is 4.71. The first-order valence-electron chi connectivity index (χ1n) is 4.77. The fraction of sp³-hybridized carbons (Fsp3) is 1.00. The summed E-state index contributed by atoms with van der Waals surface area (Å²) >= 11 is 1.75. The smallest absolute Gasteiger partial charge is 0.0459 e. The van der Waals surface area contributed by atoms with Gasteiger partial charge < -0.3 is 5.11 Å². The third-order valence-electron chi connectivity index (χ3n) is 1.65. The third-order valence-corrected chi connectivity index (χ3v) is 1.65. The molecule has 0 atom stereocenters. The average molecular weight is 203 g/mol. The van der Waals surface area contributed by atoms with E-state index in [2.05, 4.69) is 13.8 Å². The Hall–Kier alpha value is 0.375. The Morgan fingerprint density at radius 1 is 1.08 bits per heavy atom.